The van der Waals surface area contributed by atoms with E-state index >= 15 is 0 Å². The van der Waals surface area contributed by atoms with Crippen molar-refractivity contribution in [3.8, 4) is 0 Å². The molecule has 0 radical (unpaired) electrons. The molecule has 4 bridgehead atoms. The Bertz CT molecular complexity index is 886. The largest absolute Gasteiger partial charge is 0.338 e. The summed E-state index contributed by atoms with van der Waals surface area (Å²) in [5.41, 5.74) is -0.707. The van der Waals surface area contributed by atoms with Gasteiger partial charge in [0.05, 0.1) is 0 Å². The topological polar surface area (TPSA) is 64.6 Å². The highest BCUT2D eigenvalue weighted by Gasteiger charge is 2.74. The Morgan fingerprint density at radius 1 is 0.568 bits per heavy atom. The molecule has 2 spiro atoms. The lowest BCUT2D eigenvalue weighted by Gasteiger charge is -2.60. The van der Waals surface area contributed by atoms with Crippen LogP contribution in [0.25, 0.3) is 0 Å². The standard InChI is InChI=1S/C30H46O7/c1-15-7-9-21-17(3)23(32-25-29(21)19(15)11-13-27(5,34-25)36-29)31-24-18(4)22-10-8-16(2)20-12-14-28(6)35-26(33-24)30(20,22)37-28/h15-26H,7-14H2,1-6H3/t15-,16-,17?,18?,19+,20+,21+,22+,23?,24?,25-,26-,27-,28-,29-,30-/m1/s1. The van der Waals surface area contributed by atoms with Gasteiger partial charge in [-0.3, -0.25) is 0 Å². The third-order valence-electron chi connectivity index (χ3n) is 12.5. The first kappa shape index (κ1) is 24.5. The van der Waals surface area contributed by atoms with Crippen molar-refractivity contribution in [2.45, 2.75) is 141 Å². The van der Waals surface area contributed by atoms with E-state index in [-0.39, 0.29) is 35.6 Å². The molecule has 0 aromatic heterocycles. The van der Waals surface area contributed by atoms with Crippen LogP contribution in [0, 0.1) is 47.3 Å². The Morgan fingerprint density at radius 2 is 1.00 bits per heavy atom. The summed E-state index contributed by atoms with van der Waals surface area (Å²) >= 11 is 0. The molecular weight excluding hydrogens is 472 g/mol. The lowest BCUT2D eigenvalue weighted by Crippen LogP contribution is -2.68. The minimum absolute atomic E-state index is 0.193. The van der Waals surface area contributed by atoms with Gasteiger partial charge in [-0.1, -0.05) is 27.7 Å². The Morgan fingerprint density at radius 3 is 1.43 bits per heavy atom. The maximum absolute atomic E-state index is 6.85. The Kier molecular flexibility index (Phi) is 5.11. The fourth-order valence-electron chi connectivity index (χ4n) is 10.7. The number of ether oxygens (including phenoxy) is 7. The van der Waals surface area contributed by atoms with E-state index in [1.54, 1.807) is 0 Å². The van der Waals surface area contributed by atoms with E-state index in [0.29, 0.717) is 35.5 Å². The molecular formula is C30H46O7. The minimum atomic E-state index is -0.554. The molecule has 7 nitrogen and oxygen atoms in total. The number of hydrogen-bond donors (Lipinski definition) is 0. The molecule has 8 fully saturated rings. The monoisotopic (exact) mass is 518 g/mol. The molecule has 37 heavy (non-hydrogen) atoms. The number of rotatable bonds is 2. The van der Waals surface area contributed by atoms with Gasteiger partial charge in [-0.05, 0) is 76.0 Å². The quantitative estimate of drug-likeness (QED) is 0.474. The molecule has 208 valence electrons. The van der Waals surface area contributed by atoms with Crippen LogP contribution in [0.15, 0.2) is 0 Å². The van der Waals surface area contributed by atoms with Gasteiger partial charge in [0.15, 0.2) is 36.7 Å². The SMILES string of the molecule is CC1C(OC2O[C@@H]3O[C@@]4(C)CC[C@H]5[C@H](C)CC[C@@H](C2C)[C@@]35O4)O[C@@H]2O[C@@]3(C)CC[C@H]4[C@H](C)CC[C@@H]1[C@@]24O3. The van der Waals surface area contributed by atoms with Crippen LogP contribution >= 0.6 is 0 Å². The zero-order valence-electron chi connectivity index (χ0n) is 23.4. The maximum atomic E-state index is 6.85. The summed E-state index contributed by atoms with van der Waals surface area (Å²) in [6.07, 6.45) is 7.33. The highest BCUT2D eigenvalue weighted by atomic mass is 16.9. The summed E-state index contributed by atoms with van der Waals surface area (Å²) in [5, 5.41) is 0. The van der Waals surface area contributed by atoms with Crippen LogP contribution in [0.2, 0.25) is 0 Å². The minimum Gasteiger partial charge on any atom is -0.338 e. The van der Waals surface area contributed by atoms with Gasteiger partial charge >= 0.3 is 0 Å². The second kappa shape index (κ2) is 7.71. The molecule has 2 aliphatic carbocycles. The van der Waals surface area contributed by atoms with Crippen molar-refractivity contribution in [3.63, 3.8) is 0 Å². The summed E-state index contributed by atoms with van der Waals surface area (Å²) in [7, 11) is 0. The van der Waals surface area contributed by atoms with E-state index in [1.807, 2.05) is 0 Å². The summed E-state index contributed by atoms with van der Waals surface area (Å²) in [5.74, 6) is 2.19. The van der Waals surface area contributed by atoms with Crippen molar-refractivity contribution in [2.24, 2.45) is 47.3 Å². The summed E-state index contributed by atoms with van der Waals surface area (Å²) in [6.45, 7) is 13.5. The van der Waals surface area contributed by atoms with Gasteiger partial charge in [0, 0.05) is 36.5 Å². The molecule has 8 rings (SSSR count). The average Bonchev–Trinajstić information content (AvgIpc) is 3.20. The van der Waals surface area contributed by atoms with E-state index < -0.39 is 24.2 Å². The highest BCUT2D eigenvalue weighted by Crippen LogP contribution is 2.66. The highest BCUT2D eigenvalue weighted by molar-refractivity contribution is 5.14. The Balaban J connectivity index is 1.08. The zero-order chi connectivity index (χ0) is 25.5. The third-order valence-corrected chi connectivity index (χ3v) is 12.5. The lowest BCUT2D eigenvalue weighted by molar-refractivity contribution is -0.402. The van der Waals surface area contributed by atoms with Crippen LogP contribution in [0.4, 0.5) is 0 Å². The first-order valence-corrected chi connectivity index (χ1v) is 15.3. The molecule has 6 aliphatic heterocycles. The van der Waals surface area contributed by atoms with Gasteiger partial charge in [-0.2, -0.15) is 0 Å². The van der Waals surface area contributed by atoms with Gasteiger partial charge in [0.1, 0.15) is 11.2 Å². The summed E-state index contributed by atoms with van der Waals surface area (Å²) < 4.78 is 47.1. The molecule has 7 heteroatoms. The average molecular weight is 519 g/mol. The van der Waals surface area contributed by atoms with Crippen LogP contribution in [-0.2, 0) is 33.2 Å². The van der Waals surface area contributed by atoms with Crippen molar-refractivity contribution in [3.05, 3.63) is 0 Å². The molecule has 6 saturated heterocycles. The van der Waals surface area contributed by atoms with E-state index in [1.165, 1.54) is 12.8 Å². The third kappa shape index (κ3) is 3.03. The molecule has 0 aromatic rings. The van der Waals surface area contributed by atoms with Crippen LogP contribution < -0.4 is 0 Å². The van der Waals surface area contributed by atoms with Crippen molar-refractivity contribution in [1.29, 1.82) is 0 Å². The molecule has 0 N–H and O–H groups in total. The second-order valence-corrected chi connectivity index (χ2v) is 14.6. The zero-order valence-corrected chi connectivity index (χ0v) is 23.4. The summed E-state index contributed by atoms with van der Waals surface area (Å²) in [6, 6.07) is 0. The van der Waals surface area contributed by atoms with Crippen molar-refractivity contribution in [2.75, 3.05) is 0 Å². The molecule has 0 aromatic carbocycles. The van der Waals surface area contributed by atoms with Crippen molar-refractivity contribution in [1.82, 2.24) is 0 Å². The Labute approximate surface area is 221 Å². The first-order valence-electron chi connectivity index (χ1n) is 15.3. The van der Waals surface area contributed by atoms with Gasteiger partial charge in [-0.25, -0.2) is 0 Å². The van der Waals surface area contributed by atoms with Crippen LogP contribution in [0.3, 0.4) is 0 Å². The van der Waals surface area contributed by atoms with Crippen molar-refractivity contribution >= 4 is 0 Å². The molecule has 2 saturated carbocycles. The first-order chi connectivity index (χ1) is 17.6. The Hall–Kier alpha value is -0.280. The lowest BCUT2D eigenvalue weighted by atomic mass is 9.57. The normalized spacial score (nSPS) is 65.7. The smallest absolute Gasteiger partial charge is 0.193 e. The van der Waals surface area contributed by atoms with Gasteiger partial charge in [0.2, 0.25) is 0 Å². The van der Waals surface area contributed by atoms with Gasteiger partial charge < -0.3 is 33.2 Å². The van der Waals surface area contributed by atoms with Gasteiger partial charge in [0.25, 0.3) is 0 Å². The van der Waals surface area contributed by atoms with Crippen LogP contribution in [0.1, 0.15) is 92.9 Å². The van der Waals surface area contributed by atoms with Crippen LogP contribution in [0.5, 0.6) is 0 Å². The number of hydrogen-bond acceptors (Lipinski definition) is 7. The fourth-order valence-corrected chi connectivity index (χ4v) is 10.7. The molecule has 4 unspecified atom stereocenters. The summed E-state index contributed by atoms with van der Waals surface area (Å²) in [4.78, 5) is 0. The van der Waals surface area contributed by atoms with E-state index in [0.717, 1.165) is 38.5 Å². The predicted octanol–water partition coefficient (Wildman–Crippen LogP) is 5.56. The molecule has 0 amide bonds. The number of fused-ring (bicyclic) bond motifs is 2. The predicted molar refractivity (Wildman–Crippen MR) is 133 cm³/mol. The molecule has 16 atom stereocenters. The van der Waals surface area contributed by atoms with Gasteiger partial charge in [-0.15, -0.1) is 0 Å². The van der Waals surface area contributed by atoms with E-state index in [9.17, 15) is 0 Å². The van der Waals surface area contributed by atoms with E-state index in [2.05, 4.69) is 41.5 Å². The van der Waals surface area contributed by atoms with E-state index in [4.69, 9.17) is 33.2 Å². The molecule has 8 aliphatic rings. The maximum Gasteiger partial charge on any atom is 0.193 e. The van der Waals surface area contributed by atoms with Crippen molar-refractivity contribution < 1.29 is 33.2 Å². The fraction of sp³-hybridized carbons (Fsp3) is 1.00. The van der Waals surface area contributed by atoms with Crippen LogP contribution in [-0.4, -0.2) is 47.9 Å². The second-order valence-electron chi connectivity index (χ2n) is 14.6. The molecule has 6 heterocycles.